The Morgan fingerprint density at radius 3 is 0.531 bits per heavy atom. The fourth-order valence-electron chi connectivity index (χ4n) is 5.40. The van der Waals surface area contributed by atoms with E-state index in [0.717, 1.165) is 0 Å². The van der Waals surface area contributed by atoms with E-state index in [1.54, 1.807) is 0 Å². The minimum atomic E-state index is 0.0832. The second-order valence-electron chi connectivity index (χ2n) is 11.6. The predicted molar refractivity (Wildman–Crippen MR) is 148 cm³/mol. The first kappa shape index (κ1) is 31.5. The molecule has 0 heterocycles. The van der Waals surface area contributed by atoms with E-state index in [9.17, 15) is 0 Å². The SMILES string of the molecule is CC(C)N(B(C#CB(N(C(C)C)C(C)C)N(C(C)C)C(C)C)N(C(C)C)C(C)C)C(C)C. The zero-order valence-electron chi connectivity index (χ0n) is 24.6. The molecule has 0 bridgehead atoms. The third-order valence-electron chi connectivity index (χ3n) is 6.24. The number of rotatable bonds is 12. The van der Waals surface area contributed by atoms with Gasteiger partial charge in [0.2, 0.25) is 0 Å². The molecule has 0 saturated heterocycles. The van der Waals surface area contributed by atoms with E-state index < -0.39 is 0 Å². The van der Waals surface area contributed by atoms with E-state index in [1.807, 2.05) is 0 Å². The maximum absolute atomic E-state index is 3.84. The first-order chi connectivity index (χ1) is 14.6. The Kier molecular flexibility index (Phi) is 13.8. The third kappa shape index (κ3) is 8.71. The van der Waals surface area contributed by atoms with Gasteiger partial charge in [-0.05, 0) is 48.3 Å². The van der Waals surface area contributed by atoms with Crippen molar-refractivity contribution in [2.24, 2.45) is 0 Å². The fourth-order valence-corrected chi connectivity index (χ4v) is 5.40. The zero-order valence-corrected chi connectivity index (χ0v) is 24.6. The van der Waals surface area contributed by atoms with Crippen molar-refractivity contribution in [3.8, 4) is 11.6 Å². The van der Waals surface area contributed by atoms with E-state index in [2.05, 4.69) is 142 Å². The average Bonchev–Trinajstić information content (AvgIpc) is 2.56. The molecule has 0 aromatic heterocycles. The number of nitrogens with zero attached hydrogens (tertiary/aromatic N) is 4. The van der Waals surface area contributed by atoms with Crippen molar-refractivity contribution in [1.82, 2.24) is 19.2 Å². The van der Waals surface area contributed by atoms with Gasteiger partial charge in [0.1, 0.15) is 0 Å². The lowest BCUT2D eigenvalue weighted by Gasteiger charge is -2.44. The summed E-state index contributed by atoms with van der Waals surface area (Å²) >= 11 is 0. The Balaban J connectivity index is 6.84. The second kappa shape index (κ2) is 14.0. The quantitative estimate of drug-likeness (QED) is 0.289. The molecule has 0 aromatic rings. The van der Waals surface area contributed by atoms with Crippen LogP contribution in [0.25, 0.3) is 0 Å². The van der Waals surface area contributed by atoms with Crippen LogP contribution in [0.3, 0.4) is 0 Å². The van der Waals surface area contributed by atoms with Crippen molar-refractivity contribution >= 4 is 14.0 Å². The van der Waals surface area contributed by atoms with Crippen LogP contribution in [0.15, 0.2) is 0 Å². The van der Waals surface area contributed by atoms with Gasteiger partial charge < -0.3 is 19.2 Å². The summed E-state index contributed by atoms with van der Waals surface area (Å²) in [5, 5.41) is 0. The highest BCUT2D eigenvalue weighted by molar-refractivity contribution is 6.68. The molecular weight excluding hydrogens is 390 g/mol. The number of hydrogen-bond acceptors (Lipinski definition) is 4. The largest absolute Gasteiger partial charge is 0.399 e. The molecule has 0 aliphatic rings. The Labute approximate surface area is 204 Å². The molecule has 0 unspecified atom stereocenters. The minimum absolute atomic E-state index is 0.0832. The molecule has 0 aliphatic carbocycles. The predicted octanol–water partition coefficient (Wildman–Crippen LogP) is 5.52. The Bertz CT molecular complexity index is 456. The summed E-state index contributed by atoms with van der Waals surface area (Å²) in [4.78, 5) is 10.3. The molecule has 0 N–H and O–H groups in total. The molecule has 32 heavy (non-hydrogen) atoms. The highest BCUT2D eigenvalue weighted by Gasteiger charge is 2.39. The summed E-state index contributed by atoms with van der Waals surface area (Å²) in [6.07, 6.45) is 0. The molecule has 0 aromatic carbocycles. The summed E-state index contributed by atoms with van der Waals surface area (Å²) in [7, 11) is 0. The maximum Gasteiger partial charge on any atom is 0.399 e. The molecule has 0 fully saturated rings. The van der Waals surface area contributed by atoms with Crippen molar-refractivity contribution in [2.45, 2.75) is 159 Å². The normalized spacial score (nSPS) is 13.0. The van der Waals surface area contributed by atoms with E-state index in [1.165, 1.54) is 0 Å². The summed E-state index contributed by atoms with van der Waals surface area (Å²) in [5.41, 5.74) is 0. The Morgan fingerprint density at radius 1 is 0.312 bits per heavy atom. The standard InChI is InChI=1S/C26H56B2N4/c1-19(2)29(20(3)4)27(30(21(5)6)22(7)8)17-18-28(31(23(9)10)24(11)12)32(25(13)14)26(15)16/h19-26H,1-16H3. The van der Waals surface area contributed by atoms with Crippen LogP contribution in [-0.2, 0) is 0 Å². The van der Waals surface area contributed by atoms with Crippen LogP contribution in [0.4, 0.5) is 0 Å². The molecule has 4 nitrogen and oxygen atoms in total. The van der Waals surface area contributed by atoms with Gasteiger partial charge in [0.25, 0.3) is 0 Å². The van der Waals surface area contributed by atoms with Gasteiger partial charge in [-0.3, -0.25) is 0 Å². The summed E-state index contributed by atoms with van der Waals surface area (Å²) in [5.74, 6) is 7.69. The van der Waals surface area contributed by atoms with Gasteiger partial charge in [-0.15, -0.1) is 11.6 Å². The van der Waals surface area contributed by atoms with Crippen molar-refractivity contribution < 1.29 is 0 Å². The first-order valence-electron chi connectivity index (χ1n) is 13.2. The minimum Gasteiger partial charge on any atom is -0.313 e. The van der Waals surface area contributed by atoms with Gasteiger partial charge in [0.05, 0.1) is 0 Å². The van der Waals surface area contributed by atoms with Crippen LogP contribution >= 0.6 is 0 Å². The average molecular weight is 446 g/mol. The molecule has 0 rings (SSSR count). The fraction of sp³-hybridized carbons (Fsp3) is 0.923. The topological polar surface area (TPSA) is 13.0 Å². The van der Waals surface area contributed by atoms with Crippen LogP contribution < -0.4 is 0 Å². The van der Waals surface area contributed by atoms with E-state index in [-0.39, 0.29) is 14.0 Å². The van der Waals surface area contributed by atoms with E-state index in [4.69, 9.17) is 0 Å². The van der Waals surface area contributed by atoms with Crippen LogP contribution in [-0.4, -0.2) is 81.5 Å². The van der Waals surface area contributed by atoms with Gasteiger partial charge >= 0.3 is 14.0 Å². The smallest absolute Gasteiger partial charge is 0.313 e. The molecule has 0 amide bonds. The van der Waals surface area contributed by atoms with Gasteiger partial charge in [-0.25, -0.2) is 0 Å². The van der Waals surface area contributed by atoms with Crippen LogP contribution in [0.1, 0.15) is 111 Å². The maximum atomic E-state index is 3.84. The molecule has 6 heteroatoms. The lowest BCUT2D eigenvalue weighted by Crippen LogP contribution is -2.63. The van der Waals surface area contributed by atoms with E-state index >= 15 is 0 Å². The summed E-state index contributed by atoms with van der Waals surface area (Å²) < 4.78 is 0. The highest BCUT2D eigenvalue weighted by Crippen LogP contribution is 2.19. The van der Waals surface area contributed by atoms with Crippen LogP contribution in [0, 0.1) is 11.6 Å². The molecule has 0 radical (unpaired) electrons. The zero-order chi connectivity index (χ0) is 25.5. The molecule has 186 valence electrons. The van der Waals surface area contributed by atoms with Gasteiger partial charge in [-0.2, -0.15) is 0 Å². The van der Waals surface area contributed by atoms with E-state index in [0.29, 0.717) is 48.3 Å². The van der Waals surface area contributed by atoms with Gasteiger partial charge in [0.15, 0.2) is 0 Å². The van der Waals surface area contributed by atoms with Gasteiger partial charge in [-0.1, -0.05) is 111 Å². The lowest BCUT2D eigenvalue weighted by atomic mass is 9.62. The summed E-state index contributed by atoms with van der Waals surface area (Å²) in [6.45, 7) is 37.0. The Hall–Kier alpha value is -0.470. The highest BCUT2D eigenvalue weighted by atomic mass is 15.3. The van der Waals surface area contributed by atoms with Crippen molar-refractivity contribution in [3.63, 3.8) is 0 Å². The van der Waals surface area contributed by atoms with Crippen molar-refractivity contribution in [2.75, 3.05) is 0 Å². The second-order valence-corrected chi connectivity index (χ2v) is 11.6. The Morgan fingerprint density at radius 2 is 0.438 bits per heavy atom. The van der Waals surface area contributed by atoms with Crippen molar-refractivity contribution in [3.05, 3.63) is 0 Å². The monoisotopic (exact) mass is 446 g/mol. The van der Waals surface area contributed by atoms with Gasteiger partial charge in [0, 0.05) is 0 Å². The molecule has 0 spiro atoms. The molecule has 0 atom stereocenters. The number of hydrogen-bond donors (Lipinski definition) is 0. The molecule has 0 saturated carbocycles. The third-order valence-corrected chi connectivity index (χ3v) is 6.24. The van der Waals surface area contributed by atoms with Crippen LogP contribution in [0.5, 0.6) is 0 Å². The van der Waals surface area contributed by atoms with Crippen molar-refractivity contribution in [1.29, 1.82) is 0 Å². The lowest BCUT2D eigenvalue weighted by molar-refractivity contribution is 0.227. The molecule has 0 aliphatic heterocycles. The first-order valence-corrected chi connectivity index (χ1v) is 13.2. The summed E-state index contributed by atoms with van der Waals surface area (Å²) in [6, 6.07) is 3.37. The van der Waals surface area contributed by atoms with Crippen LogP contribution in [0.2, 0.25) is 0 Å². The molecular formula is C26H56B2N4.